The van der Waals surface area contributed by atoms with Crippen LogP contribution in [0.15, 0.2) is 182 Å². The quantitative estimate of drug-likeness (QED) is 0.131. The summed E-state index contributed by atoms with van der Waals surface area (Å²) >= 11 is 10.8. The van der Waals surface area contributed by atoms with Gasteiger partial charge in [0.15, 0.2) is 11.3 Å². The Balaban J connectivity index is 0.000000127. The Morgan fingerprint density at radius 1 is 0.561 bits per heavy atom. The number of aryl methyl sites for hydroxylation is 2. The molecule has 0 spiro atoms. The van der Waals surface area contributed by atoms with E-state index in [0.717, 1.165) is 37.3 Å². The third-order valence-corrected chi connectivity index (χ3v) is 15.9. The monoisotopic (exact) mass is 988 g/mol. The Morgan fingerprint density at radius 2 is 1.05 bits per heavy atom. The Morgan fingerprint density at radius 3 is 1.55 bits per heavy atom. The van der Waals surface area contributed by atoms with Crippen LogP contribution in [0, 0.1) is 13.8 Å². The van der Waals surface area contributed by atoms with Gasteiger partial charge in [0.25, 0.3) is 20.0 Å². The number of thiophene rings is 3. The van der Waals surface area contributed by atoms with E-state index in [4.69, 9.17) is 21.6 Å². The molecule has 3 N–H and O–H groups in total. The van der Waals surface area contributed by atoms with Crippen LogP contribution in [0.4, 0.5) is 0 Å². The predicted octanol–water partition coefficient (Wildman–Crippen LogP) is 10.3. The molecule has 11 aromatic rings. The fourth-order valence-corrected chi connectivity index (χ4v) is 11.5. The van der Waals surface area contributed by atoms with Crippen molar-refractivity contribution in [3.05, 3.63) is 189 Å². The number of aromatic amines is 1. The van der Waals surface area contributed by atoms with Gasteiger partial charge < -0.3 is 15.0 Å². The average Bonchev–Trinajstić information content (AvgIpc) is 4.17. The van der Waals surface area contributed by atoms with E-state index in [0.29, 0.717) is 27.2 Å². The van der Waals surface area contributed by atoms with E-state index in [-0.39, 0.29) is 9.79 Å². The number of halogens is 1. The lowest BCUT2D eigenvalue weighted by Crippen LogP contribution is -2.27. The molecule has 9 aromatic heterocycles. The maximum atomic E-state index is 12.9. The molecular formula is C47H38BClN6O6S5. The van der Waals surface area contributed by atoms with Crippen LogP contribution in [-0.2, 0) is 20.0 Å². The van der Waals surface area contributed by atoms with Crippen molar-refractivity contribution >= 4 is 111 Å². The van der Waals surface area contributed by atoms with Crippen molar-refractivity contribution in [1.29, 1.82) is 0 Å². The molecule has 0 fully saturated rings. The van der Waals surface area contributed by atoms with Crippen LogP contribution >= 0.6 is 45.6 Å². The Labute approximate surface area is 398 Å². The third kappa shape index (κ3) is 9.96. The van der Waals surface area contributed by atoms with E-state index >= 15 is 0 Å². The van der Waals surface area contributed by atoms with Gasteiger partial charge in [0.05, 0.1) is 14.8 Å². The molecule has 0 bridgehead atoms. The highest BCUT2D eigenvalue weighted by Crippen LogP contribution is 2.32. The maximum absolute atomic E-state index is 12.9. The van der Waals surface area contributed by atoms with E-state index in [1.807, 2.05) is 49.1 Å². The Kier molecular flexibility index (Phi) is 14.1. The van der Waals surface area contributed by atoms with Crippen molar-refractivity contribution in [2.24, 2.45) is 0 Å². The van der Waals surface area contributed by atoms with Crippen LogP contribution in [0.2, 0.25) is 5.02 Å². The summed E-state index contributed by atoms with van der Waals surface area (Å²) in [6, 6.07) is 30.5. The number of hydrogen-bond acceptors (Lipinski definition) is 12. The highest BCUT2D eigenvalue weighted by molar-refractivity contribution is 7.90. The van der Waals surface area contributed by atoms with Gasteiger partial charge in [-0.25, -0.2) is 39.7 Å². The first-order chi connectivity index (χ1) is 31.8. The normalized spacial score (nSPS) is 11.3. The number of aromatic nitrogens is 6. The van der Waals surface area contributed by atoms with E-state index in [9.17, 15) is 16.8 Å². The smallest absolute Gasteiger partial charge is 0.423 e. The largest absolute Gasteiger partial charge is 0.489 e. The standard InChI is InChI=1S/C18H14N2O2S2.C14H11ClN2O2S.C11H8N2S.C4H5BO2S/c1-13-2-4-15(5-3-13)24(21,22)20-10-7-17-16(6-9-19-18(17)20)14-8-11-23-12-14;1-10-2-4-11(5-3-10)20(18,19)17-9-7-12-13(15)6-8-16-14(12)17;1-4-12-11-10(2-5-13-11)9(1)8-3-6-14-7-8;6-5(7)4-1-2-8-3-4/h2-12H,1H3;2-9H,1H3;1-7H,(H,12,13);1-3,6-7H. The van der Waals surface area contributed by atoms with Crippen molar-refractivity contribution in [2.45, 2.75) is 23.6 Å². The minimum Gasteiger partial charge on any atom is -0.423 e. The average molecular weight is 989 g/mol. The lowest BCUT2D eigenvalue weighted by molar-refractivity contribution is 0.426. The summed E-state index contributed by atoms with van der Waals surface area (Å²) in [5.74, 6) is 0. The van der Waals surface area contributed by atoms with E-state index in [1.165, 1.54) is 44.2 Å². The van der Waals surface area contributed by atoms with Crippen molar-refractivity contribution < 1.29 is 26.9 Å². The van der Waals surface area contributed by atoms with Gasteiger partial charge in [-0.3, -0.25) is 0 Å². The number of nitrogens with one attached hydrogen (secondary N) is 1. The first-order valence-corrected chi connectivity index (χ1v) is 26.0. The summed E-state index contributed by atoms with van der Waals surface area (Å²) in [6.45, 7) is 3.83. The van der Waals surface area contributed by atoms with Gasteiger partial charge in [0.2, 0.25) is 0 Å². The molecule has 0 unspecified atom stereocenters. The maximum Gasteiger partial charge on any atom is 0.489 e. The van der Waals surface area contributed by atoms with Gasteiger partial charge in [-0.2, -0.15) is 34.0 Å². The molecule has 66 heavy (non-hydrogen) atoms. The van der Waals surface area contributed by atoms with Crippen LogP contribution in [0.25, 0.3) is 55.4 Å². The molecule has 19 heteroatoms. The van der Waals surface area contributed by atoms with Crippen molar-refractivity contribution in [1.82, 2.24) is 27.9 Å². The van der Waals surface area contributed by atoms with Crippen molar-refractivity contribution in [2.75, 3.05) is 0 Å². The molecule has 0 saturated carbocycles. The lowest BCUT2D eigenvalue weighted by atomic mass is 9.83. The van der Waals surface area contributed by atoms with Crippen molar-refractivity contribution in [3.63, 3.8) is 0 Å². The molecule has 9 heterocycles. The number of pyridine rings is 3. The number of H-pyrrole nitrogens is 1. The number of benzene rings is 2. The molecule has 332 valence electrons. The van der Waals surface area contributed by atoms with E-state index in [1.54, 1.807) is 119 Å². The zero-order chi connectivity index (χ0) is 46.4. The molecule has 0 radical (unpaired) electrons. The zero-order valence-electron chi connectivity index (χ0n) is 35.0. The predicted molar refractivity (Wildman–Crippen MR) is 269 cm³/mol. The van der Waals surface area contributed by atoms with Gasteiger partial charge in [-0.15, -0.1) is 0 Å². The van der Waals surface area contributed by atoms with Crippen LogP contribution < -0.4 is 5.46 Å². The molecule has 0 atom stereocenters. The first-order valence-electron chi connectivity index (χ1n) is 19.9. The third-order valence-electron chi connectivity index (χ3n) is 10.2. The zero-order valence-corrected chi connectivity index (χ0v) is 39.8. The van der Waals surface area contributed by atoms with Crippen LogP contribution in [0.3, 0.4) is 0 Å². The molecule has 0 saturated heterocycles. The highest BCUT2D eigenvalue weighted by Gasteiger charge is 2.22. The fourth-order valence-electron chi connectivity index (χ4n) is 6.75. The molecule has 2 aromatic carbocycles. The van der Waals surface area contributed by atoms with Crippen LogP contribution in [0.1, 0.15) is 11.1 Å². The van der Waals surface area contributed by atoms with E-state index in [2.05, 4.69) is 48.9 Å². The summed E-state index contributed by atoms with van der Waals surface area (Å²) in [5, 5.41) is 31.8. The van der Waals surface area contributed by atoms with Gasteiger partial charge in [0, 0.05) is 53.3 Å². The summed E-state index contributed by atoms with van der Waals surface area (Å²) in [6.07, 6.45) is 9.95. The fraction of sp³-hybridized carbons (Fsp3) is 0.0426. The van der Waals surface area contributed by atoms with Gasteiger partial charge >= 0.3 is 7.12 Å². The number of fused-ring (bicyclic) bond motifs is 3. The number of nitrogens with zero attached hydrogens (tertiary/aromatic N) is 5. The summed E-state index contributed by atoms with van der Waals surface area (Å²) in [4.78, 5) is 16.3. The second-order valence-corrected chi connectivity index (χ2v) is 20.9. The lowest BCUT2D eigenvalue weighted by Gasteiger charge is -2.08. The van der Waals surface area contributed by atoms with E-state index < -0.39 is 27.2 Å². The van der Waals surface area contributed by atoms with Crippen LogP contribution in [0.5, 0.6) is 0 Å². The van der Waals surface area contributed by atoms with Gasteiger partial charge in [0.1, 0.15) is 5.65 Å². The second-order valence-electron chi connectivity index (χ2n) is 14.5. The summed E-state index contributed by atoms with van der Waals surface area (Å²) in [7, 11) is -8.63. The molecule has 0 amide bonds. The summed E-state index contributed by atoms with van der Waals surface area (Å²) < 4.78 is 53.5. The Bertz CT molecular complexity index is 3580. The van der Waals surface area contributed by atoms with Gasteiger partial charge in [-0.1, -0.05) is 53.1 Å². The summed E-state index contributed by atoms with van der Waals surface area (Å²) in [5.41, 5.74) is 8.88. The number of rotatable bonds is 7. The Hall–Kier alpha value is -6.22. The minimum absolute atomic E-state index is 0.224. The molecule has 0 aliphatic carbocycles. The topological polar surface area (TPSA) is 173 Å². The number of hydrogen-bond donors (Lipinski definition) is 3. The molecular weight excluding hydrogens is 951 g/mol. The molecule has 11 rings (SSSR count). The first kappa shape index (κ1) is 46.3. The van der Waals surface area contributed by atoms with Crippen LogP contribution in [-0.4, -0.2) is 61.9 Å². The highest BCUT2D eigenvalue weighted by atomic mass is 35.5. The molecule has 0 aliphatic heterocycles. The second kappa shape index (κ2) is 20.1. The molecule has 0 aliphatic rings. The van der Waals surface area contributed by atoms with Gasteiger partial charge in [-0.05, 0) is 147 Å². The SMILES string of the molecule is Cc1ccc(S(=O)(=O)n2ccc3c(-c4ccsc4)ccnc32)cc1.Cc1ccc(S(=O)(=O)n2ccc3c(Cl)ccnc32)cc1.OB(O)c1ccsc1.c1cc(-c2ccsc2)c2cc[nH]c2n1. The minimum atomic E-state index is -3.67. The van der Waals surface area contributed by atoms with Crippen molar-refractivity contribution in [3.8, 4) is 22.3 Å². The molecule has 12 nitrogen and oxygen atoms in total.